The highest BCUT2D eigenvalue weighted by Crippen LogP contribution is 2.38. The van der Waals surface area contributed by atoms with Gasteiger partial charge in [0.25, 0.3) is 0 Å². The van der Waals surface area contributed by atoms with Crippen LogP contribution in [0.5, 0.6) is 11.5 Å². The molecule has 0 unspecified atom stereocenters. The molecule has 0 radical (unpaired) electrons. The third kappa shape index (κ3) is 5.93. The van der Waals surface area contributed by atoms with E-state index in [1.54, 1.807) is 36.4 Å². The molecule has 7 heteroatoms. The fourth-order valence-corrected chi connectivity index (χ4v) is 3.53. The van der Waals surface area contributed by atoms with E-state index in [4.69, 9.17) is 9.47 Å². The van der Waals surface area contributed by atoms with Crippen molar-refractivity contribution in [3.8, 4) is 11.5 Å². The standard InChI is InChI=1S/C24H30N2O4.BrH/c1-25(2)13-7-15-29-19-11-12-20(30-16-8-14-26(3)4)22-21(19)23(27)17-9-5-6-10-18(17)24(22)28;/h5-6,9-12H,7-8,13-16H2,1-4H3;1H. The molecular weight excluding hydrogens is 460 g/mol. The predicted octanol–water partition coefficient (Wildman–Crippen LogP) is 3.70. The Hall–Kier alpha value is -2.22. The molecule has 2 aromatic rings. The van der Waals surface area contributed by atoms with Gasteiger partial charge >= 0.3 is 0 Å². The van der Waals surface area contributed by atoms with Gasteiger partial charge in [-0.05, 0) is 53.2 Å². The molecule has 0 N–H and O–H groups in total. The molecule has 0 amide bonds. The Bertz CT molecular complexity index is 854. The molecule has 0 saturated carbocycles. The minimum Gasteiger partial charge on any atom is -0.493 e. The Morgan fingerprint density at radius 2 is 1.06 bits per heavy atom. The fraction of sp³-hybridized carbons (Fsp3) is 0.417. The molecule has 0 atom stereocenters. The van der Waals surface area contributed by atoms with Gasteiger partial charge in [0.15, 0.2) is 11.6 Å². The molecule has 0 aliphatic heterocycles. The van der Waals surface area contributed by atoms with Crippen molar-refractivity contribution in [2.75, 3.05) is 54.5 Å². The molecule has 0 bridgehead atoms. The summed E-state index contributed by atoms with van der Waals surface area (Å²) < 4.78 is 11.9. The van der Waals surface area contributed by atoms with E-state index in [2.05, 4.69) is 9.80 Å². The third-order valence-electron chi connectivity index (χ3n) is 5.01. The van der Waals surface area contributed by atoms with E-state index in [0.29, 0.717) is 47.0 Å². The molecule has 3 rings (SSSR count). The quantitative estimate of drug-likeness (QED) is 0.403. The first-order valence-corrected chi connectivity index (χ1v) is 10.3. The number of ketones is 2. The van der Waals surface area contributed by atoms with Gasteiger partial charge in [-0.25, -0.2) is 0 Å². The Labute approximate surface area is 194 Å². The first kappa shape index (κ1) is 25.0. The van der Waals surface area contributed by atoms with E-state index in [-0.39, 0.29) is 28.5 Å². The third-order valence-corrected chi connectivity index (χ3v) is 5.01. The summed E-state index contributed by atoms with van der Waals surface area (Å²) in [6.07, 6.45) is 1.65. The molecule has 0 spiro atoms. The number of carbonyl (C=O) groups excluding carboxylic acids is 2. The highest BCUT2D eigenvalue weighted by Gasteiger charge is 2.35. The summed E-state index contributed by atoms with van der Waals surface area (Å²) >= 11 is 0. The number of ether oxygens (including phenoxy) is 2. The Balaban J connectivity index is 0.00000341. The lowest BCUT2D eigenvalue weighted by molar-refractivity contribution is 0.0971. The van der Waals surface area contributed by atoms with Crippen molar-refractivity contribution in [3.63, 3.8) is 0 Å². The number of hydrogen-bond donors (Lipinski definition) is 0. The van der Waals surface area contributed by atoms with Crippen molar-refractivity contribution in [3.05, 3.63) is 58.7 Å². The molecule has 0 saturated heterocycles. The van der Waals surface area contributed by atoms with Gasteiger partial charge in [-0.15, -0.1) is 17.0 Å². The van der Waals surface area contributed by atoms with E-state index in [1.165, 1.54) is 0 Å². The van der Waals surface area contributed by atoms with Gasteiger partial charge in [0.2, 0.25) is 0 Å². The van der Waals surface area contributed by atoms with Crippen LogP contribution in [0.2, 0.25) is 0 Å². The van der Waals surface area contributed by atoms with Gasteiger partial charge in [0.1, 0.15) is 11.5 Å². The smallest absolute Gasteiger partial charge is 0.198 e. The van der Waals surface area contributed by atoms with E-state index >= 15 is 0 Å². The summed E-state index contributed by atoms with van der Waals surface area (Å²) in [4.78, 5) is 30.7. The van der Waals surface area contributed by atoms with Gasteiger partial charge in [0, 0.05) is 24.2 Å². The lowest BCUT2D eigenvalue weighted by Crippen LogP contribution is -2.24. The molecule has 2 aromatic carbocycles. The number of fused-ring (bicyclic) bond motifs is 2. The summed E-state index contributed by atoms with van der Waals surface area (Å²) in [5.74, 6) is 0.498. The fourth-order valence-electron chi connectivity index (χ4n) is 3.53. The van der Waals surface area contributed by atoms with Crippen LogP contribution in [-0.4, -0.2) is 75.9 Å². The van der Waals surface area contributed by atoms with Gasteiger partial charge in [-0.1, -0.05) is 24.3 Å². The zero-order chi connectivity index (χ0) is 21.7. The zero-order valence-electron chi connectivity index (χ0n) is 18.6. The van der Waals surface area contributed by atoms with Crippen molar-refractivity contribution in [1.82, 2.24) is 9.80 Å². The lowest BCUT2D eigenvalue weighted by atomic mass is 9.83. The Kier molecular flexibility index (Phi) is 9.22. The summed E-state index contributed by atoms with van der Waals surface area (Å²) in [6, 6.07) is 10.4. The maximum atomic E-state index is 13.3. The predicted molar refractivity (Wildman–Crippen MR) is 127 cm³/mol. The molecule has 31 heavy (non-hydrogen) atoms. The first-order chi connectivity index (χ1) is 14.4. The first-order valence-electron chi connectivity index (χ1n) is 10.3. The molecule has 168 valence electrons. The van der Waals surface area contributed by atoms with E-state index in [1.807, 2.05) is 28.2 Å². The normalized spacial score (nSPS) is 12.5. The van der Waals surface area contributed by atoms with Crippen LogP contribution < -0.4 is 9.47 Å². The number of benzene rings is 2. The van der Waals surface area contributed by atoms with Crippen LogP contribution >= 0.6 is 17.0 Å². The highest BCUT2D eigenvalue weighted by atomic mass is 79.9. The lowest BCUT2D eigenvalue weighted by Gasteiger charge is -2.23. The topological polar surface area (TPSA) is 59.1 Å². The SMILES string of the molecule is Br.CN(C)CCCOc1ccc(OCCCN(C)C)c2c1C(=O)c1ccccc1C2=O. The van der Waals surface area contributed by atoms with Crippen molar-refractivity contribution < 1.29 is 19.1 Å². The van der Waals surface area contributed by atoms with Crippen LogP contribution in [0.15, 0.2) is 36.4 Å². The van der Waals surface area contributed by atoms with Crippen LogP contribution in [0.1, 0.15) is 44.7 Å². The number of nitrogens with zero attached hydrogens (tertiary/aromatic N) is 2. The summed E-state index contributed by atoms with van der Waals surface area (Å²) in [7, 11) is 8.01. The molecule has 0 heterocycles. The summed E-state index contributed by atoms with van der Waals surface area (Å²) in [5.41, 5.74) is 1.46. The van der Waals surface area contributed by atoms with E-state index < -0.39 is 0 Å². The van der Waals surface area contributed by atoms with Gasteiger partial charge < -0.3 is 19.3 Å². The van der Waals surface area contributed by atoms with Crippen LogP contribution in [-0.2, 0) is 0 Å². The zero-order valence-corrected chi connectivity index (χ0v) is 20.4. The second-order valence-electron chi connectivity index (χ2n) is 8.03. The number of rotatable bonds is 10. The second kappa shape index (κ2) is 11.4. The van der Waals surface area contributed by atoms with Crippen LogP contribution in [0.4, 0.5) is 0 Å². The maximum absolute atomic E-state index is 13.3. The molecule has 6 nitrogen and oxygen atoms in total. The average Bonchev–Trinajstić information content (AvgIpc) is 2.72. The number of halogens is 1. The van der Waals surface area contributed by atoms with Gasteiger partial charge in [0.05, 0.1) is 24.3 Å². The van der Waals surface area contributed by atoms with Crippen molar-refractivity contribution in [2.45, 2.75) is 12.8 Å². The Morgan fingerprint density at radius 1 is 0.677 bits per heavy atom. The van der Waals surface area contributed by atoms with Crippen molar-refractivity contribution in [2.24, 2.45) is 0 Å². The Morgan fingerprint density at radius 3 is 1.42 bits per heavy atom. The molecule has 0 fully saturated rings. The largest absolute Gasteiger partial charge is 0.493 e. The average molecular weight is 491 g/mol. The van der Waals surface area contributed by atoms with Crippen molar-refractivity contribution in [1.29, 1.82) is 0 Å². The minimum atomic E-state index is -0.193. The number of carbonyl (C=O) groups is 2. The van der Waals surface area contributed by atoms with E-state index in [0.717, 1.165) is 25.9 Å². The van der Waals surface area contributed by atoms with Gasteiger partial charge in [-0.2, -0.15) is 0 Å². The molecular formula is C24H31BrN2O4. The van der Waals surface area contributed by atoms with Crippen LogP contribution in [0, 0.1) is 0 Å². The highest BCUT2D eigenvalue weighted by molar-refractivity contribution is 8.93. The minimum absolute atomic E-state index is 0. The summed E-state index contributed by atoms with van der Waals surface area (Å²) in [6.45, 7) is 2.70. The van der Waals surface area contributed by atoms with Crippen LogP contribution in [0.3, 0.4) is 0 Å². The monoisotopic (exact) mass is 490 g/mol. The summed E-state index contributed by atoms with van der Waals surface area (Å²) in [5, 5.41) is 0. The van der Waals surface area contributed by atoms with E-state index in [9.17, 15) is 9.59 Å². The number of hydrogen-bond acceptors (Lipinski definition) is 6. The van der Waals surface area contributed by atoms with Crippen LogP contribution in [0.25, 0.3) is 0 Å². The molecule has 1 aliphatic carbocycles. The van der Waals surface area contributed by atoms with Crippen molar-refractivity contribution >= 4 is 28.5 Å². The molecule has 1 aliphatic rings. The molecule has 0 aromatic heterocycles. The van der Waals surface area contributed by atoms with Gasteiger partial charge in [-0.3, -0.25) is 9.59 Å². The second-order valence-corrected chi connectivity index (χ2v) is 8.03. The maximum Gasteiger partial charge on any atom is 0.198 e.